The Labute approximate surface area is 351 Å². The summed E-state index contributed by atoms with van der Waals surface area (Å²) < 4.78 is 10.3. The van der Waals surface area contributed by atoms with Crippen LogP contribution in [0.25, 0.3) is 21.3 Å². The van der Waals surface area contributed by atoms with Gasteiger partial charge in [0.25, 0.3) is 0 Å². The van der Waals surface area contributed by atoms with E-state index in [1.165, 1.54) is 31.5 Å². The van der Waals surface area contributed by atoms with E-state index in [1.54, 1.807) is 11.3 Å². The summed E-state index contributed by atoms with van der Waals surface area (Å²) in [7, 11) is 0. The number of ether oxygens (including phenoxy) is 1. The Balaban J connectivity index is 0.973. The number of hydrogen-bond donors (Lipinski definition) is 2. The van der Waals surface area contributed by atoms with Crippen molar-refractivity contribution >= 4 is 50.1 Å². The highest BCUT2D eigenvalue weighted by atomic mass is 32.1. The van der Waals surface area contributed by atoms with Crippen LogP contribution in [0.2, 0.25) is 0 Å². The lowest BCUT2D eigenvalue weighted by Crippen LogP contribution is -2.58. The van der Waals surface area contributed by atoms with Gasteiger partial charge in [-0.2, -0.15) is 5.10 Å². The number of rotatable bonds is 11. The third-order valence-electron chi connectivity index (χ3n) is 13.4. The number of nitrogens with zero attached hydrogens (tertiary/aromatic N) is 8. The molecule has 0 spiro atoms. The van der Waals surface area contributed by atoms with Crippen LogP contribution in [0.1, 0.15) is 112 Å². The van der Waals surface area contributed by atoms with Crippen molar-refractivity contribution in [3.63, 3.8) is 0 Å². The first kappa shape index (κ1) is 40.0. The number of nitrogens with one attached hydrogen (secondary N) is 1. The van der Waals surface area contributed by atoms with Crippen LogP contribution < -0.4 is 10.2 Å². The number of hydrogen-bond acceptors (Lipinski definition) is 11. The van der Waals surface area contributed by atoms with Gasteiger partial charge in [0.05, 0.1) is 28.6 Å². The number of pyridine rings is 1. The second-order valence-corrected chi connectivity index (χ2v) is 20.8. The Morgan fingerprint density at radius 2 is 1.66 bits per heavy atom. The van der Waals surface area contributed by atoms with Crippen LogP contribution in [0.4, 0.5) is 22.6 Å². The Kier molecular flexibility index (Phi) is 10.1. The molecule has 2 aliphatic carbocycles. The lowest BCUT2D eigenvalue weighted by Gasteiger charge is -2.61. The molecule has 2 bridgehead atoms. The zero-order valence-electron chi connectivity index (χ0n) is 35.8. The summed E-state index contributed by atoms with van der Waals surface area (Å²) in [6, 6.07) is 10.1. The third kappa shape index (κ3) is 7.86. The number of fused-ring (bicyclic) bond motifs is 4. The van der Waals surface area contributed by atoms with Crippen LogP contribution in [0.5, 0.6) is 0 Å². The molecule has 4 aliphatic rings. The smallest absolute Gasteiger partial charge is 0.355 e. The molecule has 1 aromatic carbocycles. The van der Waals surface area contributed by atoms with Crippen LogP contribution in [-0.4, -0.2) is 84.3 Å². The fourth-order valence-corrected chi connectivity index (χ4v) is 12.8. The van der Waals surface area contributed by atoms with E-state index < -0.39 is 5.97 Å². The number of likely N-dealkylation sites (tertiary alicyclic amines) is 1. The minimum absolute atomic E-state index is 0.00660. The number of aromatic carboxylic acids is 1. The van der Waals surface area contributed by atoms with Crippen molar-refractivity contribution in [3.05, 3.63) is 64.6 Å². The Morgan fingerprint density at radius 1 is 0.898 bits per heavy atom. The van der Waals surface area contributed by atoms with Crippen LogP contribution in [0.3, 0.4) is 0 Å². The van der Waals surface area contributed by atoms with Crippen molar-refractivity contribution in [2.24, 2.45) is 16.2 Å². The maximum absolute atomic E-state index is 13.0. The van der Waals surface area contributed by atoms with E-state index in [0.29, 0.717) is 29.6 Å². The first-order valence-electron chi connectivity index (χ1n) is 21.5. The molecule has 3 fully saturated rings. The summed E-state index contributed by atoms with van der Waals surface area (Å²) in [6.07, 6.45) is 11.5. The van der Waals surface area contributed by atoms with E-state index in [0.717, 1.165) is 102 Å². The van der Waals surface area contributed by atoms with E-state index in [4.69, 9.17) is 24.9 Å². The number of carbonyl (C=O) groups is 1. The largest absolute Gasteiger partial charge is 0.476 e. The fourth-order valence-electron chi connectivity index (χ4n) is 12.0. The molecule has 59 heavy (non-hydrogen) atoms. The molecule has 4 aromatic heterocycles. The first-order chi connectivity index (χ1) is 28.1. The number of aryl methyl sites for hydroxylation is 1. The zero-order valence-corrected chi connectivity index (χ0v) is 36.6. The van der Waals surface area contributed by atoms with Gasteiger partial charge in [0.15, 0.2) is 22.5 Å². The van der Waals surface area contributed by atoms with E-state index in [9.17, 15) is 9.90 Å². The van der Waals surface area contributed by atoms with Crippen molar-refractivity contribution < 1.29 is 14.6 Å². The third-order valence-corrected chi connectivity index (χ3v) is 14.4. The van der Waals surface area contributed by atoms with E-state index >= 15 is 0 Å². The molecule has 5 aromatic rings. The molecule has 2 N–H and O–H groups in total. The van der Waals surface area contributed by atoms with Crippen molar-refractivity contribution in [3.8, 4) is 11.1 Å². The molecule has 6 heterocycles. The van der Waals surface area contributed by atoms with Gasteiger partial charge in [-0.25, -0.2) is 14.8 Å². The molecule has 13 heteroatoms. The summed E-state index contributed by atoms with van der Waals surface area (Å²) in [5.74, 6) is 0.853. The molecular formula is C46H59N9O3S. The van der Waals surface area contributed by atoms with Crippen molar-refractivity contribution in [1.29, 1.82) is 0 Å². The Bertz CT molecular complexity index is 2390. The fraction of sp³-hybridized carbons (Fsp3) is 0.565. The average Bonchev–Trinajstić information content (AvgIpc) is 3.91. The van der Waals surface area contributed by atoms with Crippen LogP contribution >= 0.6 is 11.3 Å². The maximum Gasteiger partial charge on any atom is 0.355 e. The summed E-state index contributed by atoms with van der Waals surface area (Å²) in [4.78, 5) is 27.1. The summed E-state index contributed by atoms with van der Waals surface area (Å²) in [5, 5.41) is 29.1. The predicted molar refractivity (Wildman–Crippen MR) is 234 cm³/mol. The highest BCUT2D eigenvalue weighted by Crippen LogP contribution is 2.63. The normalized spacial score (nSPS) is 23.7. The van der Waals surface area contributed by atoms with Gasteiger partial charge in [-0.3, -0.25) is 4.68 Å². The molecule has 2 saturated carbocycles. The van der Waals surface area contributed by atoms with Crippen molar-refractivity contribution in [2.45, 2.75) is 118 Å². The van der Waals surface area contributed by atoms with Gasteiger partial charge in [0.1, 0.15) is 5.82 Å². The standard InChI is InChI=1S/C46H59N9O3S/c1-29-12-14-36-35(21-29)48-42(59-36)50-39-30(2)32-11-10-18-54(40(32)52-51-39)37-15-13-33(38(49-37)41(56)57)34-22-47-55(31(34)3)28-45-23-43(4,5)25-46(27-45,26-44(6,7)24-45)58-20-19-53-16-8-9-17-53/h12-15,21-22H,8-11,16-20,23-28H2,1-7H3,(H,56,57)(H,48,50,51). The number of carboxylic acids is 1. The number of aromatic nitrogens is 6. The Hall–Kier alpha value is -4.46. The molecule has 0 radical (unpaired) electrons. The van der Waals surface area contributed by atoms with Gasteiger partial charge < -0.3 is 25.0 Å². The first-order valence-corrected chi connectivity index (χ1v) is 22.3. The molecule has 2 aliphatic heterocycles. The topological polar surface area (TPSA) is 134 Å². The molecule has 0 amide bonds. The average molecular weight is 818 g/mol. The van der Waals surface area contributed by atoms with Gasteiger partial charge in [-0.05, 0) is 138 Å². The summed E-state index contributed by atoms with van der Waals surface area (Å²) >= 11 is 1.59. The molecule has 312 valence electrons. The molecule has 1 saturated heterocycles. The SMILES string of the molecule is Cc1ccc2sc(Nc3nnc4c(c3C)CCCN4c3ccc(-c4cnn(CC56CC(C)(C)CC(OCCN7CCCC7)(CC(C)(C)C5)C6)c4C)c(C(=O)O)n3)nc2c1. The van der Waals surface area contributed by atoms with Gasteiger partial charge in [-0.15, -0.1) is 10.2 Å². The van der Waals surface area contributed by atoms with E-state index in [2.05, 4.69) is 86.7 Å². The van der Waals surface area contributed by atoms with E-state index in [1.807, 2.05) is 23.2 Å². The van der Waals surface area contributed by atoms with Crippen LogP contribution in [0, 0.1) is 37.0 Å². The van der Waals surface area contributed by atoms with Crippen LogP contribution in [-0.2, 0) is 17.7 Å². The van der Waals surface area contributed by atoms with Crippen molar-refractivity contribution in [1.82, 2.24) is 34.8 Å². The predicted octanol–water partition coefficient (Wildman–Crippen LogP) is 9.66. The quantitative estimate of drug-likeness (QED) is 0.132. The van der Waals surface area contributed by atoms with E-state index in [-0.39, 0.29) is 27.5 Å². The van der Waals surface area contributed by atoms with Crippen LogP contribution in [0.15, 0.2) is 36.5 Å². The molecule has 9 rings (SSSR count). The number of thiazole rings is 1. The van der Waals surface area contributed by atoms with Gasteiger partial charge in [0, 0.05) is 47.6 Å². The Morgan fingerprint density at radius 3 is 2.41 bits per heavy atom. The number of anilines is 4. The minimum atomic E-state index is -1.07. The minimum Gasteiger partial charge on any atom is -0.476 e. The molecule has 12 nitrogen and oxygen atoms in total. The highest BCUT2D eigenvalue weighted by molar-refractivity contribution is 7.22. The summed E-state index contributed by atoms with van der Waals surface area (Å²) in [6.45, 7) is 21.5. The lowest BCUT2D eigenvalue weighted by atomic mass is 9.48. The zero-order chi connectivity index (χ0) is 41.3. The second kappa shape index (κ2) is 14.9. The second-order valence-electron chi connectivity index (χ2n) is 19.8. The number of carboxylic acid groups (broad SMARTS) is 1. The summed E-state index contributed by atoms with van der Waals surface area (Å²) in [5.41, 5.74) is 6.64. The van der Waals surface area contributed by atoms with Gasteiger partial charge in [-0.1, -0.05) is 45.1 Å². The lowest BCUT2D eigenvalue weighted by molar-refractivity contribution is -0.197. The van der Waals surface area contributed by atoms with Gasteiger partial charge in [0.2, 0.25) is 0 Å². The van der Waals surface area contributed by atoms with Crippen molar-refractivity contribution in [2.75, 3.05) is 43.0 Å². The van der Waals surface area contributed by atoms with Gasteiger partial charge >= 0.3 is 5.97 Å². The highest BCUT2D eigenvalue weighted by Gasteiger charge is 2.59. The molecular weight excluding hydrogens is 759 g/mol. The molecule has 0 atom stereocenters. The number of benzene rings is 1. The maximum atomic E-state index is 13.0. The monoisotopic (exact) mass is 817 g/mol. The molecule has 0 unspecified atom stereocenters.